The number of hydrogen-bond donors (Lipinski definition) is 0. The van der Waals surface area contributed by atoms with Gasteiger partial charge in [-0.25, -0.2) is 9.50 Å². The Morgan fingerprint density at radius 2 is 1.79 bits per heavy atom. The van der Waals surface area contributed by atoms with Crippen molar-refractivity contribution in [2.45, 2.75) is 33.9 Å². The zero-order valence-corrected chi connectivity index (χ0v) is 11.5. The maximum atomic E-state index is 12.9. The van der Waals surface area contributed by atoms with Crippen molar-refractivity contribution >= 4 is 5.52 Å². The molecule has 2 aromatic heterocycles. The fourth-order valence-electron chi connectivity index (χ4n) is 1.80. The molecule has 106 valence electrons. The molecule has 0 N–H and O–H groups in total. The van der Waals surface area contributed by atoms with Crippen LogP contribution in [0.3, 0.4) is 0 Å². The van der Waals surface area contributed by atoms with Gasteiger partial charge < -0.3 is 4.74 Å². The van der Waals surface area contributed by atoms with Crippen molar-refractivity contribution in [1.29, 1.82) is 0 Å². The summed E-state index contributed by atoms with van der Waals surface area (Å²) in [6.45, 7) is 7.13. The zero-order valence-electron chi connectivity index (χ0n) is 11.5. The number of nitrogens with zero attached hydrogens (tertiary/aromatic N) is 3. The van der Waals surface area contributed by atoms with Crippen LogP contribution in [-0.4, -0.2) is 21.7 Å². The minimum Gasteiger partial charge on any atom is -0.494 e. The van der Waals surface area contributed by atoms with Crippen LogP contribution in [0.4, 0.5) is 13.2 Å². The number of fused-ring (bicyclic) bond motifs is 1. The summed E-state index contributed by atoms with van der Waals surface area (Å²) in [5.41, 5.74) is -0.634. The summed E-state index contributed by atoms with van der Waals surface area (Å²) in [6, 6.07) is 0. The highest BCUT2D eigenvalue weighted by Gasteiger charge is 2.39. The SMILES string of the molecule is CC.COc1cn2nc(C)nc(C)c2c1C(F)(F)F. The van der Waals surface area contributed by atoms with Crippen molar-refractivity contribution in [3.05, 3.63) is 23.3 Å². The molecule has 7 heteroatoms. The monoisotopic (exact) mass is 275 g/mol. The fraction of sp³-hybridized carbons (Fsp3) is 0.500. The van der Waals surface area contributed by atoms with Gasteiger partial charge in [0, 0.05) is 0 Å². The topological polar surface area (TPSA) is 39.4 Å². The lowest BCUT2D eigenvalue weighted by Gasteiger charge is -2.08. The highest BCUT2D eigenvalue weighted by Crippen LogP contribution is 2.40. The van der Waals surface area contributed by atoms with Crippen LogP contribution in [0.2, 0.25) is 0 Å². The first kappa shape index (κ1) is 15.3. The van der Waals surface area contributed by atoms with E-state index in [1.807, 2.05) is 13.8 Å². The Morgan fingerprint density at radius 3 is 2.26 bits per heavy atom. The molecule has 2 rings (SSSR count). The van der Waals surface area contributed by atoms with Gasteiger partial charge in [-0.15, -0.1) is 0 Å². The summed E-state index contributed by atoms with van der Waals surface area (Å²) in [6.07, 6.45) is -3.29. The van der Waals surface area contributed by atoms with E-state index < -0.39 is 11.7 Å². The molecule has 0 atom stereocenters. The zero-order chi connectivity index (χ0) is 14.8. The average Bonchev–Trinajstić information content (AvgIpc) is 2.70. The van der Waals surface area contributed by atoms with Gasteiger partial charge in [-0.1, -0.05) is 13.8 Å². The van der Waals surface area contributed by atoms with E-state index >= 15 is 0 Å². The van der Waals surface area contributed by atoms with Gasteiger partial charge >= 0.3 is 6.18 Å². The smallest absolute Gasteiger partial charge is 0.422 e. The van der Waals surface area contributed by atoms with Crippen LogP contribution in [-0.2, 0) is 6.18 Å². The lowest BCUT2D eigenvalue weighted by atomic mass is 10.2. The molecule has 0 aromatic carbocycles. The van der Waals surface area contributed by atoms with Crippen molar-refractivity contribution in [3.63, 3.8) is 0 Å². The second-order valence-corrected chi connectivity index (χ2v) is 3.61. The van der Waals surface area contributed by atoms with E-state index in [1.165, 1.54) is 20.2 Å². The maximum absolute atomic E-state index is 12.9. The third kappa shape index (κ3) is 2.80. The molecule has 0 amide bonds. The Hall–Kier alpha value is -1.79. The predicted octanol–water partition coefficient (Wildman–Crippen LogP) is 3.40. The molecule has 0 fully saturated rings. The molecule has 0 aliphatic heterocycles. The van der Waals surface area contributed by atoms with Crippen LogP contribution < -0.4 is 4.74 Å². The molecule has 2 aromatic rings. The molecule has 0 saturated carbocycles. The molecule has 4 nitrogen and oxygen atoms in total. The van der Waals surface area contributed by atoms with E-state index in [-0.39, 0.29) is 17.0 Å². The van der Waals surface area contributed by atoms with Crippen LogP contribution in [0.25, 0.3) is 5.52 Å². The quantitative estimate of drug-likeness (QED) is 0.800. The van der Waals surface area contributed by atoms with Crippen LogP contribution in [0.5, 0.6) is 5.75 Å². The van der Waals surface area contributed by atoms with Crippen molar-refractivity contribution in [3.8, 4) is 5.75 Å². The Kier molecular flexibility index (Phi) is 4.39. The third-order valence-corrected chi connectivity index (χ3v) is 2.38. The van der Waals surface area contributed by atoms with E-state index in [4.69, 9.17) is 4.74 Å². The van der Waals surface area contributed by atoms with Gasteiger partial charge in [-0.3, -0.25) is 0 Å². The fourth-order valence-corrected chi connectivity index (χ4v) is 1.80. The highest BCUT2D eigenvalue weighted by molar-refractivity contribution is 5.65. The average molecular weight is 275 g/mol. The van der Waals surface area contributed by atoms with Crippen molar-refractivity contribution in [2.24, 2.45) is 0 Å². The van der Waals surface area contributed by atoms with E-state index in [1.54, 1.807) is 6.92 Å². The van der Waals surface area contributed by atoms with Gasteiger partial charge in [-0.05, 0) is 13.8 Å². The minimum absolute atomic E-state index is 0.0695. The maximum Gasteiger partial charge on any atom is 0.422 e. The second-order valence-electron chi connectivity index (χ2n) is 3.61. The number of halogens is 3. The lowest BCUT2D eigenvalue weighted by Crippen LogP contribution is -2.08. The molecule has 0 aliphatic carbocycles. The first-order valence-electron chi connectivity index (χ1n) is 5.82. The molecule has 0 radical (unpaired) electrons. The van der Waals surface area contributed by atoms with Crippen LogP contribution in [0, 0.1) is 13.8 Å². The lowest BCUT2D eigenvalue weighted by molar-refractivity contribution is -0.137. The second kappa shape index (κ2) is 5.46. The molecule has 0 spiro atoms. The Balaban J connectivity index is 0.000000861. The molecule has 0 bridgehead atoms. The van der Waals surface area contributed by atoms with Crippen LogP contribution in [0.1, 0.15) is 30.9 Å². The standard InChI is InChI=1S/C10H10F3N3O.C2H6/c1-5-9-8(10(11,12)13)7(17-3)4-16(9)15-6(2)14-5;1-2/h4H,1-3H3;1-2H3. The van der Waals surface area contributed by atoms with Crippen molar-refractivity contribution < 1.29 is 17.9 Å². The molecular formula is C12H16F3N3O. The summed E-state index contributed by atoms with van der Waals surface area (Å²) in [4.78, 5) is 3.94. The van der Waals surface area contributed by atoms with Gasteiger partial charge in [0.05, 0.1) is 19.0 Å². The number of alkyl halides is 3. The minimum atomic E-state index is -4.50. The normalized spacial score (nSPS) is 11.2. The largest absolute Gasteiger partial charge is 0.494 e. The first-order chi connectivity index (χ1) is 8.84. The number of methoxy groups -OCH3 is 1. The Labute approximate surface area is 109 Å². The summed E-state index contributed by atoms with van der Waals surface area (Å²) in [5, 5.41) is 3.90. The Bertz CT molecular complexity index is 576. The van der Waals surface area contributed by atoms with Gasteiger partial charge in [0.2, 0.25) is 0 Å². The number of ether oxygens (including phenoxy) is 1. The highest BCUT2D eigenvalue weighted by atomic mass is 19.4. The summed E-state index contributed by atoms with van der Waals surface area (Å²) < 4.78 is 44.7. The van der Waals surface area contributed by atoms with Gasteiger partial charge in [0.1, 0.15) is 16.9 Å². The summed E-state index contributed by atoms with van der Waals surface area (Å²) in [5.74, 6) is 0.155. The van der Waals surface area contributed by atoms with E-state index in [0.717, 1.165) is 4.52 Å². The summed E-state index contributed by atoms with van der Waals surface area (Å²) in [7, 11) is 1.19. The van der Waals surface area contributed by atoms with E-state index in [0.29, 0.717) is 5.82 Å². The van der Waals surface area contributed by atoms with E-state index in [2.05, 4.69) is 10.1 Å². The molecular weight excluding hydrogens is 259 g/mol. The van der Waals surface area contributed by atoms with Gasteiger partial charge in [-0.2, -0.15) is 18.3 Å². The number of hydrogen-bond acceptors (Lipinski definition) is 3. The van der Waals surface area contributed by atoms with Crippen LogP contribution in [0.15, 0.2) is 6.20 Å². The van der Waals surface area contributed by atoms with Crippen LogP contribution >= 0.6 is 0 Å². The molecule has 0 aliphatic rings. The molecule has 19 heavy (non-hydrogen) atoms. The van der Waals surface area contributed by atoms with E-state index in [9.17, 15) is 13.2 Å². The number of rotatable bonds is 1. The van der Waals surface area contributed by atoms with Gasteiger partial charge in [0.25, 0.3) is 0 Å². The van der Waals surface area contributed by atoms with Crippen molar-refractivity contribution in [2.75, 3.05) is 7.11 Å². The van der Waals surface area contributed by atoms with Gasteiger partial charge in [0.15, 0.2) is 5.75 Å². The molecule has 2 heterocycles. The first-order valence-corrected chi connectivity index (χ1v) is 5.82. The third-order valence-electron chi connectivity index (χ3n) is 2.38. The van der Waals surface area contributed by atoms with Crippen molar-refractivity contribution in [1.82, 2.24) is 14.6 Å². The summed E-state index contributed by atoms with van der Waals surface area (Å²) >= 11 is 0. The Morgan fingerprint density at radius 1 is 1.21 bits per heavy atom. The number of aromatic nitrogens is 3. The molecule has 0 saturated heterocycles. The number of aryl methyl sites for hydroxylation is 2. The predicted molar refractivity (Wildman–Crippen MR) is 65.4 cm³/mol. The molecule has 0 unspecified atom stereocenters.